The predicted molar refractivity (Wildman–Crippen MR) is 107 cm³/mol. The van der Waals surface area contributed by atoms with Gasteiger partial charge in [-0.05, 0) is 60.2 Å². The van der Waals surface area contributed by atoms with Gasteiger partial charge in [0, 0.05) is 6.54 Å². The van der Waals surface area contributed by atoms with Crippen LogP contribution < -0.4 is 19.5 Å². The molecule has 0 radical (unpaired) electrons. The molecule has 0 bridgehead atoms. The van der Waals surface area contributed by atoms with Crippen LogP contribution in [0, 0.1) is 6.92 Å². The Morgan fingerprint density at radius 3 is 2.48 bits per heavy atom. The first-order valence-corrected chi connectivity index (χ1v) is 9.15. The van der Waals surface area contributed by atoms with Crippen molar-refractivity contribution >= 4 is 5.91 Å². The van der Waals surface area contributed by atoms with Crippen LogP contribution in [0.2, 0.25) is 0 Å². The first-order chi connectivity index (χ1) is 12.9. The third-order valence-corrected chi connectivity index (χ3v) is 4.35. The zero-order valence-electron chi connectivity index (χ0n) is 16.8. The van der Waals surface area contributed by atoms with Crippen LogP contribution >= 0.6 is 0 Å². The molecule has 0 aliphatic carbocycles. The molecule has 0 atom stereocenters. The number of methoxy groups -OCH3 is 2. The zero-order chi connectivity index (χ0) is 19.8. The Hall–Kier alpha value is -2.69. The minimum atomic E-state index is -0.145. The molecule has 2 aromatic carbocycles. The van der Waals surface area contributed by atoms with Gasteiger partial charge in [0.05, 0.1) is 14.2 Å². The van der Waals surface area contributed by atoms with Crippen molar-refractivity contribution in [3.63, 3.8) is 0 Å². The molecule has 27 heavy (non-hydrogen) atoms. The van der Waals surface area contributed by atoms with E-state index in [9.17, 15) is 4.79 Å². The fourth-order valence-corrected chi connectivity index (χ4v) is 2.85. The molecular weight excluding hydrogens is 342 g/mol. The Morgan fingerprint density at radius 1 is 1.04 bits per heavy atom. The number of benzene rings is 2. The summed E-state index contributed by atoms with van der Waals surface area (Å²) in [5.74, 6) is 2.51. The van der Waals surface area contributed by atoms with Crippen LogP contribution in [0.4, 0.5) is 0 Å². The Balaban J connectivity index is 1.88. The minimum absolute atomic E-state index is 0.00157. The number of rotatable bonds is 9. The number of nitrogens with one attached hydrogen (secondary N) is 1. The highest BCUT2D eigenvalue weighted by molar-refractivity contribution is 5.77. The second-order valence-corrected chi connectivity index (χ2v) is 6.76. The van der Waals surface area contributed by atoms with Crippen molar-refractivity contribution in [1.82, 2.24) is 5.32 Å². The number of ether oxygens (including phenoxy) is 3. The average Bonchev–Trinajstić information content (AvgIpc) is 2.66. The van der Waals surface area contributed by atoms with Crippen LogP contribution in [0.1, 0.15) is 36.5 Å². The third kappa shape index (κ3) is 5.91. The molecule has 0 saturated carbocycles. The van der Waals surface area contributed by atoms with Crippen LogP contribution in [0.15, 0.2) is 36.4 Å². The molecule has 0 heterocycles. The van der Waals surface area contributed by atoms with Crippen molar-refractivity contribution in [3.05, 3.63) is 53.1 Å². The quantitative estimate of drug-likeness (QED) is 0.727. The number of carbonyl (C=O) groups is 1. The van der Waals surface area contributed by atoms with Gasteiger partial charge in [0.25, 0.3) is 5.91 Å². The molecule has 2 rings (SSSR count). The van der Waals surface area contributed by atoms with Crippen LogP contribution in [0.25, 0.3) is 0 Å². The van der Waals surface area contributed by atoms with Gasteiger partial charge in [-0.25, -0.2) is 0 Å². The van der Waals surface area contributed by atoms with Crippen molar-refractivity contribution in [2.75, 3.05) is 27.4 Å². The highest BCUT2D eigenvalue weighted by Gasteiger charge is 2.11. The summed E-state index contributed by atoms with van der Waals surface area (Å²) in [5.41, 5.74) is 3.20. The minimum Gasteiger partial charge on any atom is -0.497 e. The highest BCUT2D eigenvalue weighted by atomic mass is 16.5. The van der Waals surface area contributed by atoms with E-state index in [2.05, 4.69) is 31.3 Å². The first kappa shape index (κ1) is 20.6. The molecule has 0 aliphatic rings. The van der Waals surface area contributed by atoms with Gasteiger partial charge in [-0.2, -0.15) is 0 Å². The van der Waals surface area contributed by atoms with E-state index in [4.69, 9.17) is 14.2 Å². The molecule has 0 fully saturated rings. The summed E-state index contributed by atoms with van der Waals surface area (Å²) in [7, 11) is 3.26. The maximum Gasteiger partial charge on any atom is 0.257 e. The normalized spacial score (nSPS) is 10.6. The van der Waals surface area contributed by atoms with Gasteiger partial charge >= 0.3 is 0 Å². The summed E-state index contributed by atoms with van der Waals surface area (Å²) in [6, 6.07) is 11.7. The second-order valence-electron chi connectivity index (χ2n) is 6.76. The lowest BCUT2D eigenvalue weighted by atomic mass is 10.0. The van der Waals surface area contributed by atoms with Gasteiger partial charge in [-0.3, -0.25) is 4.79 Å². The second kappa shape index (κ2) is 9.86. The summed E-state index contributed by atoms with van der Waals surface area (Å²) in [4.78, 5) is 12.2. The van der Waals surface area contributed by atoms with Crippen LogP contribution in [-0.4, -0.2) is 33.3 Å². The summed E-state index contributed by atoms with van der Waals surface area (Å²) < 4.78 is 16.4. The van der Waals surface area contributed by atoms with E-state index in [-0.39, 0.29) is 12.5 Å². The SMILES string of the molecule is COc1ccc(OC)c(CCNC(=O)COc2cc(C)ccc2C(C)C)c1. The van der Waals surface area contributed by atoms with Gasteiger partial charge in [-0.1, -0.05) is 26.0 Å². The standard InChI is InChI=1S/C22H29NO4/c1-15(2)19-8-6-16(3)12-21(19)27-14-22(24)23-11-10-17-13-18(25-4)7-9-20(17)26-5/h6-9,12-13,15H,10-11,14H2,1-5H3,(H,23,24). The van der Waals surface area contributed by atoms with Crippen LogP contribution in [-0.2, 0) is 11.2 Å². The number of aryl methyl sites for hydroxylation is 1. The van der Waals surface area contributed by atoms with Crippen LogP contribution in [0.3, 0.4) is 0 Å². The lowest BCUT2D eigenvalue weighted by Gasteiger charge is -2.15. The molecule has 1 amide bonds. The summed E-state index contributed by atoms with van der Waals surface area (Å²) in [6.45, 7) is 6.73. The Kier molecular flexibility index (Phi) is 7.53. The van der Waals surface area contributed by atoms with E-state index in [1.807, 2.05) is 31.2 Å². The molecular formula is C22H29NO4. The Bertz CT molecular complexity index is 771. The Labute approximate surface area is 161 Å². The number of hydrogen-bond acceptors (Lipinski definition) is 4. The molecule has 0 aliphatic heterocycles. The largest absolute Gasteiger partial charge is 0.497 e. The molecule has 1 N–H and O–H groups in total. The van der Waals surface area contributed by atoms with E-state index >= 15 is 0 Å². The van der Waals surface area contributed by atoms with E-state index in [1.54, 1.807) is 14.2 Å². The molecule has 5 heteroatoms. The molecule has 0 spiro atoms. The Morgan fingerprint density at radius 2 is 1.81 bits per heavy atom. The lowest BCUT2D eigenvalue weighted by Crippen LogP contribution is -2.30. The average molecular weight is 371 g/mol. The topological polar surface area (TPSA) is 56.8 Å². The maximum atomic E-state index is 12.2. The van der Waals surface area contributed by atoms with E-state index in [0.29, 0.717) is 18.9 Å². The van der Waals surface area contributed by atoms with Crippen molar-refractivity contribution in [1.29, 1.82) is 0 Å². The fraction of sp³-hybridized carbons (Fsp3) is 0.409. The smallest absolute Gasteiger partial charge is 0.257 e. The summed E-state index contributed by atoms with van der Waals surface area (Å²) in [6.07, 6.45) is 0.647. The molecule has 2 aromatic rings. The lowest BCUT2D eigenvalue weighted by molar-refractivity contribution is -0.123. The maximum absolute atomic E-state index is 12.2. The van der Waals surface area contributed by atoms with Crippen molar-refractivity contribution in [2.45, 2.75) is 33.1 Å². The third-order valence-electron chi connectivity index (χ3n) is 4.35. The predicted octanol–water partition coefficient (Wildman–Crippen LogP) is 3.87. The van der Waals surface area contributed by atoms with Crippen LogP contribution in [0.5, 0.6) is 17.2 Å². The monoisotopic (exact) mass is 371 g/mol. The number of carbonyl (C=O) groups excluding carboxylic acids is 1. The number of amides is 1. The zero-order valence-corrected chi connectivity index (χ0v) is 16.8. The van der Waals surface area contributed by atoms with Gasteiger partial charge in [-0.15, -0.1) is 0 Å². The molecule has 146 valence electrons. The van der Waals surface area contributed by atoms with Crippen molar-refractivity contribution in [2.24, 2.45) is 0 Å². The van der Waals surface area contributed by atoms with E-state index in [1.165, 1.54) is 0 Å². The fourth-order valence-electron chi connectivity index (χ4n) is 2.85. The van der Waals surface area contributed by atoms with E-state index < -0.39 is 0 Å². The van der Waals surface area contributed by atoms with Crippen molar-refractivity contribution < 1.29 is 19.0 Å². The summed E-state index contributed by atoms with van der Waals surface area (Å²) in [5, 5.41) is 2.89. The van der Waals surface area contributed by atoms with E-state index in [0.717, 1.165) is 33.9 Å². The molecule has 0 saturated heterocycles. The molecule has 0 aromatic heterocycles. The molecule has 5 nitrogen and oxygen atoms in total. The molecule has 0 unspecified atom stereocenters. The van der Waals surface area contributed by atoms with Gasteiger partial charge < -0.3 is 19.5 Å². The summed E-state index contributed by atoms with van der Waals surface area (Å²) >= 11 is 0. The highest BCUT2D eigenvalue weighted by Crippen LogP contribution is 2.27. The first-order valence-electron chi connectivity index (χ1n) is 9.15. The van der Waals surface area contributed by atoms with Gasteiger partial charge in [0.2, 0.25) is 0 Å². The number of hydrogen-bond donors (Lipinski definition) is 1. The van der Waals surface area contributed by atoms with Crippen molar-refractivity contribution in [3.8, 4) is 17.2 Å². The van der Waals surface area contributed by atoms with Gasteiger partial charge in [0.15, 0.2) is 6.61 Å². The van der Waals surface area contributed by atoms with Gasteiger partial charge in [0.1, 0.15) is 17.2 Å².